The van der Waals surface area contributed by atoms with Crippen molar-refractivity contribution >= 4 is 5.97 Å². The van der Waals surface area contributed by atoms with E-state index in [1.165, 1.54) is 7.11 Å². The van der Waals surface area contributed by atoms with Crippen molar-refractivity contribution in [3.05, 3.63) is 0 Å². The minimum atomic E-state index is -0.842. The average Bonchev–Trinajstić information content (AvgIpc) is 2.02. The molecule has 12 heavy (non-hydrogen) atoms. The summed E-state index contributed by atoms with van der Waals surface area (Å²) in [5, 5.41) is 16.9. The Hall–Kier alpha value is -0.610. The first-order valence-corrected chi connectivity index (χ1v) is 4.06. The van der Waals surface area contributed by atoms with Crippen molar-refractivity contribution in [2.45, 2.75) is 31.8 Å². The third-order valence-corrected chi connectivity index (χ3v) is 1.67. The number of carbonyl (C=O) groups is 1. The quantitative estimate of drug-likeness (QED) is 0.558. The van der Waals surface area contributed by atoms with Crippen LogP contribution in [0.15, 0.2) is 0 Å². The van der Waals surface area contributed by atoms with E-state index in [0.717, 1.165) is 6.42 Å². The van der Waals surface area contributed by atoms with E-state index >= 15 is 0 Å². The van der Waals surface area contributed by atoms with Gasteiger partial charge in [-0.05, 0) is 19.3 Å². The first kappa shape index (κ1) is 11.4. The molecule has 4 nitrogen and oxygen atoms in total. The van der Waals surface area contributed by atoms with Gasteiger partial charge in [-0.25, -0.2) is 0 Å². The molecule has 0 aromatic heterocycles. The fourth-order valence-corrected chi connectivity index (χ4v) is 0.982. The summed E-state index contributed by atoms with van der Waals surface area (Å²) in [7, 11) is 1.51. The highest BCUT2D eigenvalue weighted by molar-refractivity contribution is 5.67. The number of rotatable bonds is 7. The average molecular weight is 176 g/mol. The molecule has 0 aliphatic heterocycles. The van der Waals surface area contributed by atoms with E-state index in [4.69, 9.17) is 14.9 Å². The predicted molar refractivity (Wildman–Crippen MR) is 44.0 cm³/mol. The van der Waals surface area contributed by atoms with Crippen LogP contribution in [0.2, 0.25) is 0 Å². The molecule has 4 heteroatoms. The Morgan fingerprint density at radius 2 is 2.17 bits per heavy atom. The molecule has 0 aliphatic carbocycles. The number of aliphatic hydroxyl groups is 1. The van der Waals surface area contributed by atoms with E-state index in [1.54, 1.807) is 0 Å². The SMILES string of the molecule is COC(CCCCO)CC(=O)O. The molecule has 0 fully saturated rings. The van der Waals surface area contributed by atoms with Gasteiger partial charge in [0, 0.05) is 13.7 Å². The van der Waals surface area contributed by atoms with Crippen LogP contribution in [-0.4, -0.2) is 36.0 Å². The van der Waals surface area contributed by atoms with Crippen LogP contribution in [0.5, 0.6) is 0 Å². The lowest BCUT2D eigenvalue weighted by Gasteiger charge is -2.11. The molecule has 0 heterocycles. The summed E-state index contributed by atoms with van der Waals surface area (Å²) in [4.78, 5) is 10.3. The van der Waals surface area contributed by atoms with Gasteiger partial charge < -0.3 is 14.9 Å². The van der Waals surface area contributed by atoms with Crippen molar-refractivity contribution in [3.63, 3.8) is 0 Å². The first-order chi connectivity index (χ1) is 5.70. The summed E-state index contributed by atoms with van der Waals surface area (Å²) in [5.74, 6) is -0.842. The van der Waals surface area contributed by atoms with Crippen molar-refractivity contribution in [3.8, 4) is 0 Å². The molecule has 1 unspecified atom stereocenters. The number of hydrogen-bond acceptors (Lipinski definition) is 3. The Balaban J connectivity index is 3.46. The van der Waals surface area contributed by atoms with Crippen molar-refractivity contribution in [1.82, 2.24) is 0 Å². The fourth-order valence-electron chi connectivity index (χ4n) is 0.982. The molecular formula is C8H16O4. The third kappa shape index (κ3) is 6.12. The van der Waals surface area contributed by atoms with Gasteiger partial charge in [-0.2, -0.15) is 0 Å². The van der Waals surface area contributed by atoms with Crippen LogP contribution in [0, 0.1) is 0 Å². The molecule has 0 radical (unpaired) electrons. The van der Waals surface area contributed by atoms with Gasteiger partial charge in [0.15, 0.2) is 0 Å². The highest BCUT2D eigenvalue weighted by Crippen LogP contribution is 2.07. The smallest absolute Gasteiger partial charge is 0.305 e. The monoisotopic (exact) mass is 176 g/mol. The molecule has 0 bridgehead atoms. The number of carboxylic acid groups (broad SMARTS) is 1. The van der Waals surface area contributed by atoms with Gasteiger partial charge in [-0.1, -0.05) is 0 Å². The van der Waals surface area contributed by atoms with Crippen LogP contribution in [-0.2, 0) is 9.53 Å². The van der Waals surface area contributed by atoms with Crippen LogP contribution in [0.4, 0.5) is 0 Å². The summed E-state index contributed by atoms with van der Waals surface area (Å²) in [6, 6.07) is 0. The van der Waals surface area contributed by atoms with E-state index in [1.807, 2.05) is 0 Å². The summed E-state index contributed by atoms with van der Waals surface area (Å²) < 4.78 is 4.95. The Morgan fingerprint density at radius 1 is 1.50 bits per heavy atom. The van der Waals surface area contributed by atoms with E-state index in [9.17, 15) is 4.79 Å². The zero-order valence-electron chi connectivity index (χ0n) is 7.32. The van der Waals surface area contributed by atoms with Crippen LogP contribution in [0.25, 0.3) is 0 Å². The van der Waals surface area contributed by atoms with Crippen molar-refractivity contribution in [1.29, 1.82) is 0 Å². The van der Waals surface area contributed by atoms with E-state index < -0.39 is 5.97 Å². The number of unbranched alkanes of at least 4 members (excludes halogenated alkanes) is 1. The lowest BCUT2D eigenvalue weighted by atomic mass is 10.1. The third-order valence-electron chi connectivity index (χ3n) is 1.67. The largest absolute Gasteiger partial charge is 0.481 e. The van der Waals surface area contributed by atoms with Crippen LogP contribution >= 0.6 is 0 Å². The van der Waals surface area contributed by atoms with Gasteiger partial charge >= 0.3 is 5.97 Å². The second-order valence-corrected chi connectivity index (χ2v) is 2.67. The number of ether oxygens (including phenoxy) is 1. The maximum absolute atomic E-state index is 10.3. The zero-order valence-corrected chi connectivity index (χ0v) is 7.32. The standard InChI is InChI=1S/C8H16O4/c1-12-7(6-8(10)11)4-2-3-5-9/h7,9H,2-6H2,1H3,(H,10,11). The Bertz CT molecular complexity index is 124. The molecule has 0 rings (SSSR count). The molecule has 0 aromatic rings. The summed E-state index contributed by atoms with van der Waals surface area (Å²) >= 11 is 0. The number of hydrogen-bond donors (Lipinski definition) is 2. The van der Waals surface area contributed by atoms with Crippen LogP contribution in [0.3, 0.4) is 0 Å². The molecule has 0 aromatic carbocycles. The summed E-state index contributed by atoms with van der Waals surface area (Å²) in [5.41, 5.74) is 0. The van der Waals surface area contributed by atoms with E-state index in [0.29, 0.717) is 12.8 Å². The lowest BCUT2D eigenvalue weighted by Crippen LogP contribution is -2.15. The molecule has 0 spiro atoms. The highest BCUT2D eigenvalue weighted by atomic mass is 16.5. The number of aliphatic carboxylic acids is 1. The molecular weight excluding hydrogens is 160 g/mol. The number of methoxy groups -OCH3 is 1. The second kappa shape index (κ2) is 7.06. The zero-order chi connectivity index (χ0) is 9.40. The Labute approximate surface area is 72.2 Å². The Kier molecular flexibility index (Phi) is 6.70. The molecule has 0 amide bonds. The van der Waals surface area contributed by atoms with Gasteiger partial charge in [0.1, 0.15) is 0 Å². The molecule has 72 valence electrons. The van der Waals surface area contributed by atoms with Gasteiger partial charge in [0.05, 0.1) is 12.5 Å². The minimum absolute atomic E-state index is 0.0436. The van der Waals surface area contributed by atoms with Crippen molar-refractivity contribution < 1.29 is 19.7 Å². The van der Waals surface area contributed by atoms with Gasteiger partial charge in [0.2, 0.25) is 0 Å². The summed E-state index contributed by atoms with van der Waals surface area (Å²) in [6.45, 7) is 0.156. The van der Waals surface area contributed by atoms with Crippen LogP contribution in [0.1, 0.15) is 25.7 Å². The van der Waals surface area contributed by atoms with Crippen molar-refractivity contribution in [2.75, 3.05) is 13.7 Å². The minimum Gasteiger partial charge on any atom is -0.481 e. The highest BCUT2D eigenvalue weighted by Gasteiger charge is 2.10. The van der Waals surface area contributed by atoms with Gasteiger partial charge in [-0.15, -0.1) is 0 Å². The van der Waals surface area contributed by atoms with Gasteiger partial charge in [0.25, 0.3) is 0 Å². The summed E-state index contributed by atoms with van der Waals surface area (Å²) in [6.07, 6.45) is 2.04. The molecule has 0 saturated carbocycles. The maximum atomic E-state index is 10.3. The first-order valence-electron chi connectivity index (χ1n) is 4.06. The number of carboxylic acids is 1. The number of aliphatic hydroxyl groups excluding tert-OH is 1. The fraction of sp³-hybridized carbons (Fsp3) is 0.875. The van der Waals surface area contributed by atoms with Crippen LogP contribution < -0.4 is 0 Å². The van der Waals surface area contributed by atoms with E-state index in [-0.39, 0.29) is 19.1 Å². The van der Waals surface area contributed by atoms with Gasteiger partial charge in [-0.3, -0.25) is 4.79 Å². The predicted octanol–water partition coefficient (Wildman–Crippen LogP) is 0.639. The van der Waals surface area contributed by atoms with Crippen molar-refractivity contribution in [2.24, 2.45) is 0 Å². The molecule has 2 N–H and O–H groups in total. The molecule has 1 atom stereocenters. The molecule has 0 aliphatic rings. The molecule has 0 saturated heterocycles. The second-order valence-electron chi connectivity index (χ2n) is 2.67. The lowest BCUT2D eigenvalue weighted by molar-refractivity contribution is -0.139. The normalized spacial score (nSPS) is 12.8. The topological polar surface area (TPSA) is 66.8 Å². The van der Waals surface area contributed by atoms with E-state index in [2.05, 4.69) is 0 Å². The Morgan fingerprint density at radius 3 is 2.58 bits per heavy atom. The maximum Gasteiger partial charge on any atom is 0.305 e.